The standard InChI is InChI=1S/C20H17ClF2N4O3/c1-20(2)10-27-16(26-20)8-17(25-19(27)28)29-9-11-5-13(22)18(14(23)6-11)30-12-3-4-24-15(21)7-12/h3-8,26H,9-10H2,1-2H3. The maximum absolute atomic E-state index is 14.4. The van der Waals surface area contributed by atoms with Crippen LogP contribution in [-0.2, 0) is 13.2 Å². The minimum absolute atomic E-state index is 0.0593. The molecule has 1 aliphatic heterocycles. The van der Waals surface area contributed by atoms with Crippen molar-refractivity contribution in [3.63, 3.8) is 0 Å². The second kappa shape index (κ2) is 7.56. The molecular weight excluding hydrogens is 418 g/mol. The lowest BCUT2D eigenvalue weighted by atomic mass is 10.1. The Balaban J connectivity index is 1.50. The first-order chi connectivity index (χ1) is 14.2. The first kappa shape index (κ1) is 20.1. The number of halogens is 3. The molecule has 0 radical (unpaired) electrons. The van der Waals surface area contributed by atoms with Crippen LogP contribution >= 0.6 is 11.6 Å². The molecule has 4 rings (SSSR count). The van der Waals surface area contributed by atoms with Gasteiger partial charge in [-0.25, -0.2) is 18.6 Å². The Hall–Kier alpha value is -3.20. The fourth-order valence-corrected chi connectivity index (χ4v) is 3.28. The van der Waals surface area contributed by atoms with Crippen molar-refractivity contribution in [3.05, 3.63) is 69.4 Å². The van der Waals surface area contributed by atoms with Gasteiger partial charge in [0.05, 0.1) is 12.1 Å². The van der Waals surface area contributed by atoms with E-state index in [1.54, 1.807) is 6.07 Å². The summed E-state index contributed by atoms with van der Waals surface area (Å²) in [5.74, 6) is -1.61. The Morgan fingerprint density at radius 1 is 1.23 bits per heavy atom. The van der Waals surface area contributed by atoms with Gasteiger partial charge in [-0.15, -0.1) is 0 Å². The van der Waals surface area contributed by atoms with Crippen molar-refractivity contribution in [2.75, 3.05) is 5.32 Å². The second-order valence-electron chi connectivity index (χ2n) is 7.45. The van der Waals surface area contributed by atoms with Gasteiger partial charge in [-0.05, 0) is 37.6 Å². The lowest BCUT2D eigenvalue weighted by molar-refractivity contribution is 0.289. The molecule has 1 aromatic carbocycles. The van der Waals surface area contributed by atoms with E-state index in [1.165, 1.54) is 22.9 Å². The molecule has 0 amide bonds. The van der Waals surface area contributed by atoms with Crippen molar-refractivity contribution in [1.29, 1.82) is 0 Å². The topological polar surface area (TPSA) is 78.3 Å². The van der Waals surface area contributed by atoms with Gasteiger partial charge in [0, 0.05) is 18.3 Å². The van der Waals surface area contributed by atoms with Gasteiger partial charge < -0.3 is 14.8 Å². The maximum atomic E-state index is 14.4. The van der Waals surface area contributed by atoms with Gasteiger partial charge in [-0.2, -0.15) is 4.98 Å². The first-order valence-electron chi connectivity index (χ1n) is 9.00. The zero-order valence-corrected chi connectivity index (χ0v) is 16.8. The average Bonchev–Trinajstić information content (AvgIpc) is 2.98. The van der Waals surface area contributed by atoms with Crippen LogP contribution in [0, 0.1) is 11.6 Å². The van der Waals surface area contributed by atoms with E-state index in [0.29, 0.717) is 12.4 Å². The van der Waals surface area contributed by atoms with Crippen molar-refractivity contribution in [2.45, 2.75) is 32.5 Å². The van der Waals surface area contributed by atoms with Gasteiger partial charge in [-0.1, -0.05) is 11.6 Å². The molecule has 1 N–H and O–H groups in total. The van der Waals surface area contributed by atoms with Crippen LogP contribution in [0.2, 0.25) is 5.15 Å². The molecule has 156 valence electrons. The maximum Gasteiger partial charge on any atom is 0.352 e. The molecule has 0 fully saturated rings. The molecule has 0 saturated heterocycles. The van der Waals surface area contributed by atoms with Gasteiger partial charge in [0.2, 0.25) is 5.88 Å². The third-order valence-corrected chi connectivity index (χ3v) is 4.58. The number of fused-ring (bicyclic) bond motifs is 1. The van der Waals surface area contributed by atoms with Gasteiger partial charge in [0.25, 0.3) is 0 Å². The Morgan fingerprint density at radius 2 is 1.97 bits per heavy atom. The Labute approximate surface area is 175 Å². The summed E-state index contributed by atoms with van der Waals surface area (Å²) in [5, 5.41) is 3.33. The predicted molar refractivity (Wildman–Crippen MR) is 106 cm³/mol. The monoisotopic (exact) mass is 434 g/mol. The molecule has 0 bridgehead atoms. The quantitative estimate of drug-likeness (QED) is 0.608. The summed E-state index contributed by atoms with van der Waals surface area (Å²) >= 11 is 5.75. The molecular formula is C20H17ClF2N4O3. The Kier molecular flexibility index (Phi) is 5.07. The molecule has 2 aromatic heterocycles. The highest BCUT2D eigenvalue weighted by Gasteiger charge is 2.29. The molecule has 0 unspecified atom stereocenters. The highest BCUT2D eigenvalue weighted by atomic mass is 35.5. The summed E-state index contributed by atoms with van der Waals surface area (Å²) in [6.45, 7) is 4.20. The van der Waals surface area contributed by atoms with Gasteiger partial charge in [0.15, 0.2) is 17.4 Å². The van der Waals surface area contributed by atoms with Crippen LogP contribution in [0.25, 0.3) is 0 Å². The zero-order chi connectivity index (χ0) is 21.5. The summed E-state index contributed by atoms with van der Waals surface area (Å²) in [5.41, 5.74) is -0.536. The first-order valence-corrected chi connectivity index (χ1v) is 9.38. The summed E-state index contributed by atoms with van der Waals surface area (Å²) in [7, 11) is 0. The molecule has 0 saturated carbocycles. The van der Waals surface area contributed by atoms with E-state index in [-0.39, 0.29) is 34.5 Å². The highest BCUT2D eigenvalue weighted by molar-refractivity contribution is 6.29. The number of nitrogens with one attached hydrogen (secondary N) is 1. The minimum atomic E-state index is -0.910. The molecule has 0 spiro atoms. The molecule has 30 heavy (non-hydrogen) atoms. The second-order valence-corrected chi connectivity index (χ2v) is 7.84. The predicted octanol–water partition coefficient (Wildman–Crippen LogP) is 4.15. The molecule has 0 atom stereocenters. The molecule has 3 heterocycles. The third kappa shape index (κ3) is 4.20. The lowest BCUT2D eigenvalue weighted by Gasteiger charge is -2.16. The Bertz CT molecular complexity index is 1160. The number of anilines is 1. The number of benzene rings is 1. The van der Waals surface area contributed by atoms with E-state index >= 15 is 0 Å². The number of ether oxygens (including phenoxy) is 2. The summed E-state index contributed by atoms with van der Waals surface area (Å²) in [6.07, 6.45) is 1.36. The van der Waals surface area contributed by atoms with Crippen LogP contribution in [0.5, 0.6) is 17.4 Å². The SMILES string of the molecule is CC1(C)Cn2c(cc(OCc3cc(F)c(Oc4ccnc(Cl)c4)c(F)c3)nc2=O)N1. The van der Waals surface area contributed by atoms with E-state index in [9.17, 15) is 13.6 Å². The van der Waals surface area contributed by atoms with Crippen LogP contribution in [0.1, 0.15) is 19.4 Å². The van der Waals surface area contributed by atoms with Crippen molar-refractivity contribution in [3.8, 4) is 17.4 Å². The number of rotatable bonds is 5. The van der Waals surface area contributed by atoms with Crippen LogP contribution in [-0.4, -0.2) is 20.1 Å². The fraction of sp³-hybridized carbons (Fsp3) is 0.250. The van der Waals surface area contributed by atoms with Gasteiger partial charge in [-0.3, -0.25) is 4.57 Å². The number of hydrogen-bond donors (Lipinski definition) is 1. The molecule has 3 aromatic rings. The van der Waals surface area contributed by atoms with Crippen LogP contribution in [0.15, 0.2) is 41.3 Å². The molecule has 1 aliphatic rings. The van der Waals surface area contributed by atoms with Crippen LogP contribution in [0.4, 0.5) is 14.6 Å². The molecule has 0 aliphatic carbocycles. The van der Waals surface area contributed by atoms with Gasteiger partial charge in [0.1, 0.15) is 23.3 Å². The van der Waals surface area contributed by atoms with E-state index in [1.807, 2.05) is 13.8 Å². The van der Waals surface area contributed by atoms with Crippen LogP contribution in [0.3, 0.4) is 0 Å². The summed E-state index contributed by atoms with van der Waals surface area (Å²) in [4.78, 5) is 19.8. The van der Waals surface area contributed by atoms with E-state index in [4.69, 9.17) is 21.1 Å². The number of nitrogens with zero attached hydrogens (tertiary/aromatic N) is 3. The zero-order valence-electron chi connectivity index (χ0n) is 16.1. The number of hydrogen-bond acceptors (Lipinski definition) is 6. The lowest BCUT2D eigenvalue weighted by Crippen LogP contribution is -2.30. The van der Waals surface area contributed by atoms with Crippen molar-refractivity contribution in [2.24, 2.45) is 0 Å². The normalized spacial score (nSPS) is 14.2. The third-order valence-electron chi connectivity index (χ3n) is 4.37. The smallest absolute Gasteiger partial charge is 0.352 e. The number of pyridine rings is 1. The van der Waals surface area contributed by atoms with Crippen LogP contribution < -0.4 is 20.5 Å². The Morgan fingerprint density at radius 3 is 2.67 bits per heavy atom. The van der Waals surface area contributed by atoms with E-state index in [2.05, 4.69) is 15.3 Å². The number of aromatic nitrogens is 3. The molecule has 10 heteroatoms. The highest BCUT2D eigenvalue weighted by Crippen LogP contribution is 2.30. The van der Waals surface area contributed by atoms with Crippen molar-refractivity contribution in [1.82, 2.24) is 14.5 Å². The summed E-state index contributed by atoms with van der Waals surface area (Å²) < 4.78 is 41.0. The summed E-state index contributed by atoms with van der Waals surface area (Å²) in [6, 6.07) is 6.51. The average molecular weight is 435 g/mol. The van der Waals surface area contributed by atoms with Crippen molar-refractivity contribution >= 4 is 17.4 Å². The van der Waals surface area contributed by atoms with Gasteiger partial charge >= 0.3 is 5.69 Å². The molecule has 7 nitrogen and oxygen atoms in total. The fourth-order valence-electron chi connectivity index (χ4n) is 3.11. The van der Waals surface area contributed by atoms with Crippen molar-refractivity contribution < 1.29 is 18.3 Å². The minimum Gasteiger partial charge on any atom is -0.473 e. The van der Waals surface area contributed by atoms with E-state index < -0.39 is 23.1 Å². The largest absolute Gasteiger partial charge is 0.473 e. The van der Waals surface area contributed by atoms with E-state index in [0.717, 1.165) is 12.1 Å².